The SMILES string of the molecule is Cc1ccc(S(=O)(=O)N[C@H]2CCCNC2)cc1.Cl. The van der Waals surface area contributed by atoms with Crippen LogP contribution in [0.15, 0.2) is 29.2 Å². The summed E-state index contributed by atoms with van der Waals surface area (Å²) in [5, 5.41) is 3.19. The van der Waals surface area contributed by atoms with Crippen LogP contribution in [0.25, 0.3) is 0 Å². The van der Waals surface area contributed by atoms with Gasteiger partial charge < -0.3 is 5.32 Å². The van der Waals surface area contributed by atoms with Crippen molar-refractivity contribution in [1.29, 1.82) is 0 Å². The molecule has 0 saturated carbocycles. The van der Waals surface area contributed by atoms with Crippen molar-refractivity contribution in [3.05, 3.63) is 29.8 Å². The molecule has 0 spiro atoms. The molecule has 102 valence electrons. The molecule has 18 heavy (non-hydrogen) atoms. The van der Waals surface area contributed by atoms with Crippen molar-refractivity contribution in [2.75, 3.05) is 13.1 Å². The molecule has 6 heteroatoms. The molecule has 0 bridgehead atoms. The van der Waals surface area contributed by atoms with E-state index >= 15 is 0 Å². The van der Waals surface area contributed by atoms with Crippen LogP contribution in [0.5, 0.6) is 0 Å². The van der Waals surface area contributed by atoms with Gasteiger partial charge in [-0.15, -0.1) is 12.4 Å². The zero-order valence-electron chi connectivity index (χ0n) is 10.3. The average Bonchev–Trinajstić information content (AvgIpc) is 2.30. The van der Waals surface area contributed by atoms with E-state index < -0.39 is 10.0 Å². The van der Waals surface area contributed by atoms with Gasteiger partial charge >= 0.3 is 0 Å². The van der Waals surface area contributed by atoms with Gasteiger partial charge in [-0.2, -0.15) is 0 Å². The first-order valence-electron chi connectivity index (χ1n) is 5.88. The highest BCUT2D eigenvalue weighted by Gasteiger charge is 2.21. The number of nitrogens with one attached hydrogen (secondary N) is 2. The minimum Gasteiger partial charge on any atom is -0.315 e. The predicted octanol–water partition coefficient (Wildman–Crippen LogP) is 1.45. The van der Waals surface area contributed by atoms with Crippen LogP contribution in [-0.4, -0.2) is 27.5 Å². The van der Waals surface area contributed by atoms with Gasteiger partial charge in [-0.1, -0.05) is 17.7 Å². The number of piperidine rings is 1. The summed E-state index contributed by atoms with van der Waals surface area (Å²) in [6.45, 7) is 3.63. The van der Waals surface area contributed by atoms with Crippen molar-refractivity contribution in [2.24, 2.45) is 0 Å². The van der Waals surface area contributed by atoms with Crippen LogP contribution in [0.3, 0.4) is 0 Å². The quantitative estimate of drug-likeness (QED) is 0.886. The van der Waals surface area contributed by atoms with E-state index in [0.717, 1.165) is 24.9 Å². The van der Waals surface area contributed by atoms with Gasteiger partial charge in [0.25, 0.3) is 0 Å². The van der Waals surface area contributed by atoms with Crippen LogP contribution in [0.2, 0.25) is 0 Å². The van der Waals surface area contributed by atoms with Crippen molar-refractivity contribution in [2.45, 2.75) is 30.7 Å². The maximum atomic E-state index is 12.1. The van der Waals surface area contributed by atoms with Gasteiger partial charge in [-0.3, -0.25) is 0 Å². The van der Waals surface area contributed by atoms with E-state index in [1.165, 1.54) is 0 Å². The fourth-order valence-corrected chi connectivity index (χ4v) is 3.23. The van der Waals surface area contributed by atoms with E-state index in [-0.39, 0.29) is 18.4 Å². The Morgan fingerprint density at radius 2 is 1.94 bits per heavy atom. The average molecular weight is 291 g/mol. The van der Waals surface area contributed by atoms with E-state index in [1.54, 1.807) is 12.1 Å². The van der Waals surface area contributed by atoms with Gasteiger partial charge in [-0.25, -0.2) is 13.1 Å². The van der Waals surface area contributed by atoms with Crippen LogP contribution in [0.1, 0.15) is 18.4 Å². The standard InChI is InChI=1S/C12H18N2O2S.ClH/c1-10-4-6-12(7-5-10)17(15,16)14-11-3-2-8-13-9-11;/h4-7,11,13-14H,2-3,8-9H2,1H3;1H/t11-;/m0./s1. The maximum absolute atomic E-state index is 12.1. The predicted molar refractivity (Wildman–Crippen MR) is 74.6 cm³/mol. The molecule has 1 aliphatic rings. The Morgan fingerprint density at radius 1 is 1.28 bits per heavy atom. The maximum Gasteiger partial charge on any atom is 0.240 e. The molecule has 2 N–H and O–H groups in total. The zero-order valence-corrected chi connectivity index (χ0v) is 12.0. The highest BCUT2D eigenvalue weighted by atomic mass is 35.5. The lowest BCUT2D eigenvalue weighted by atomic mass is 10.1. The van der Waals surface area contributed by atoms with Crippen molar-refractivity contribution in [3.63, 3.8) is 0 Å². The summed E-state index contributed by atoms with van der Waals surface area (Å²) in [5.41, 5.74) is 1.06. The summed E-state index contributed by atoms with van der Waals surface area (Å²) in [6.07, 6.45) is 1.92. The van der Waals surface area contributed by atoms with Gasteiger partial charge in [0.15, 0.2) is 0 Å². The lowest BCUT2D eigenvalue weighted by Crippen LogP contribution is -2.45. The highest BCUT2D eigenvalue weighted by molar-refractivity contribution is 7.89. The van der Waals surface area contributed by atoms with E-state index in [2.05, 4.69) is 10.0 Å². The third-order valence-corrected chi connectivity index (χ3v) is 4.49. The van der Waals surface area contributed by atoms with Crippen LogP contribution in [0.4, 0.5) is 0 Å². The van der Waals surface area contributed by atoms with E-state index in [0.29, 0.717) is 11.4 Å². The summed E-state index contributed by atoms with van der Waals surface area (Å²) in [5.74, 6) is 0. The lowest BCUT2D eigenvalue weighted by molar-refractivity contribution is 0.428. The largest absolute Gasteiger partial charge is 0.315 e. The first-order valence-corrected chi connectivity index (χ1v) is 7.36. The molecule has 0 radical (unpaired) electrons. The summed E-state index contributed by atoms with van der Waals surface area (Å²) in [4.78, 5) is 0.341. The Kier molecular flexibility index (Phi) is 5.59. The molecule has 2 rings (SSSR count). The normalized spacial score (nSPS) is 20.2. The topological polar surface area (TPSA) is 58.2 Å². The molecule has 1 atom stereocenters. The van der Waals surface area contributed by atoms with E-state index in [4.69, 9.17) is 0 Å². The second-order valence-corrected chi connectivity index (χ2v) is 6.19. The smallest absolute Gasteiger partial charge is 0.240 e. The molecule has 1 saturated heterocycles. The minimum absolute atomic E-state index is 0. The molecular formula is C12H19ClN2O2S. The molecule has 0 unspecified atom stereocenters. The van der Waals surface area contributed by atoms with Crippen molar-refractivity contribution in [1.82, 2.24) is 10.0 Å². The van der Waals surface area contributed by atoms with E-state index in [9.17, 15) is 8.42 Å². The number of hydrogen-bond acceptors (Lipinski definition) is 3. The Bertz CT molecular complexity index is 467. The van der Waals surface area contributed by atoms with Gasteiger partial charge in [0, 0.05) is 12.6 Å². The van der Waals surface area contributed by atoms with Gasteiger partial charge in [0.1, 0.15) is 0 Å². The molecule has 1 heterocycles. The summed E-state index contributed by atoms with van der Waals surface area (Å²) in [7, 11) is -3.37. The van der Waals surface area contributed by atoms with Crippen LogP contribution >= 0.6 is 12.4 Å². The third kappa shape index (κ3) is 3.95. The van der Waals surface area contributed by atoms with E-state index in [1.807, 2.05) is 19.1 Å². The molecular weight excluding hydrogens is 272 g/mol. The molecule has 4 nitrogen and oxygen atoms in total. The molecule has 1 fully saturated rings. The minimum atomic E-state index is -3.37. The van der Waals surface area contributed by atoms with Gasteiger partial charge in [0.2, 0.25) is 10.0 Å². The second kappa shape index (κ2) is 6.52. The Hall–Kier alpha value is -0.620. The zero-order chi connectivity index (χ0) is 12.3. The number of halogens is 1. The molecule has 1 aliphatic heterocycles. The summed E-state index contributed by atoms with van der Waals surface area (Å²) < 4.78 is 26.9. The van der Waals surface area contributed by atoms with Crippen molar-refractivity contribution >= 4 is 22.4 Å². The number of hydrogen-bond donors (Lipinski definition) is 2. The first-order chi connectivity index (χ1) is 8.08. The van der Waals surface area contributed by atoms with Crippen molar-refractivity contribution < 1.29 is 8.42 Å². The Balaban J connectivity index is 0.00000162. The molecule has 0 aromatic heterocycles. The summed E-state index contributed by atoms with van der Waals surface area (Å²) >= 11 is 0. The fourth-order valence-electron chi connectivity index (χ4n) is 1.96. The van der Waals surface area contributed by atoms with Crippen LogP contribution in [0, 0.1) is 6.92 Å². The number of benzene rings is 1. The number of rotatable bonds is 3. The second-order valence-electron chi connectivity index (χ2n) is 4.48. The van der Waals surface area contributed by atoms with Crippen LogP contribution in [-0.2, 0) is 10.0 Å². The van der Waals surface area contributed by atoms with Gasteiger partial charge in [0.05, 0.1) is 4.90 Å². The first kappa shape index (κ1) is 15.4. The fraction of sp³-hybridized carbons (Fsp3) is 0.500. The summed E-state index contributed by atoms with van der Waals surface area (Å²) in [6, 6.07) is 6.93. The lowest BCUT2D eigenvalue weighted by Gasteiger charge is -2.23. The van der Waals surface area contributed by atoms with Gasteiger partial charge in [-0.05, 0) is 38.4 Å². The molecule has 1 aromatic carbocycles. The number of sulfonamides is 1. The Morgan fingerprint density at radius 3 is 2.50 bits per heavy atom. The van der Waals surface area contributed by atoms with Crippen molar-refractivity contribution in [3.8, 4) is 0 Å². The molecule has 0 aliphatic carbocycles. The highest BCUT2D eigenvalue weighted by Crippen LogP contribution is 2.12. The Labute approximate surface area is 115 Å². The number of aryl methyl sites for hydroxylation is 1. The third-order valence-electron chi connectivity index (χ3n) is 2.95. The monoisotopic (exact) mass is 290 g/mol. The molecule has 1 aromatic rings. The molecule has 0 amide bonds. The van der Waals surface area contributed by atoms with Crippen LogP contribution < -0.4 is 10.0 Å².